The summed E-state index contributed by atoms with van der Waals surface area (Å²) in [4.78, 5) is 12.7. The second-order valence-corrected chi connectivity index (χ2v) is 8.54. The number of nitrogens with one attached hydrogen (secondary N) is 2. The number of carbonyl (C=O) groups excluding carboxylic acids is 1. The van der Waals surface area contributed by atoms with Gasteiger partial charge in [-0.25, -0.2) is 0 Å². The van der Waals surface area contributed by atoms with Crippen molar-refractivity contribution in [1.29, 1.82) is 0 Å². The first-order valence-corrected chi connectivity index (χ1v) is 9.65. The Hall–Kier alpha value is -1.81. The molecule has 0 atom stereocenters. The molecule has 5 heteroatoms. The van der Waals surface area contributed by atoms with Crippen molar-refractivity contribution in [1.82, 2.24) is 15.5 Å². The van der Waals surface area contributed by atoms with Crippen LogP contribution in [-0.2, 0) is 0 Å². The fourth-order valence-electron chi connectivity index (χ4n) is 5.60. The average Bonchev–Trinajstić information content (AvgIpc) is 3.08. The van der Waals surface area contributed by atoms with E-state index in [1.807, 2.05) is 30.3 Å². The first-order valence-electron chi connectivity index (χ1n) is 9.28. The number of benzene rings is 1. The van der Waals surface area contributed by atoms with Gasteiger partial charge in [0.05, 0.1) is 5.69 Å². The summed E-state index contributed by atoms with van der Waals surface area (Å²) in [6.07, 6.45) is 6.64. The van der Waals surface area contributed by atoms with Crippen molar-refractivity contribution in [3.8, 4) is 11.3 Å². The molecule has 4 aliphatic carbocycles. The van der Waals surface area contributed by atoms with Crippen LogP contribution >= 0.6 is 11.6 Å². The molecule has 4 fully saturated rings. The number of hydrogen-bond donors (Lipinski definition) is 2. The molecule has 25 heavy (non-hydrogen) atoms. The minimum atomic E-state index is -0.0230. The number of aromatic nitrogens is 2. The standard InChI is InChI=1S/C20H22ClN3O/c21-16-3-1-13(2-4-16)17-10-18(24-23-17)20(25)22-19-14-6-11-5-12(8-14)9-15(19)7-11/h1-4,10-12,14-15,19H,5-9H2,(H,22,25)(H,23,24). The molecule has 1 heterocycles. The van der Waals surface area contributed by atoms with Crippen LogP contribution in [0.5, 0.6) is 0 Å². The number of aromatic amines is 1. The molecule has 1 aromatic heterocycles. The van der Waals surface area contributed by atoms with Gasteiger partial charge in [-0.15, -0.1) is 0 Å². The van der Waals surface area contributed by atoms with Crippen molar-refractivity contribution in [3.63, 3.8) is 0 Å². The Labute approximate surface area is 152 Å². The summed E-state index contributed by atoms with van der Waals surface area (Å²) in [5.74, 6) is 3.17. The van der Waals surface area contributed by atoms with E-state index in [0.717, 1.165) is 23.1 Å². The molecule has 0 spiro atoms. The van der Waals surface area contributed by atoms with Crippen molar-refractivity contribution < 1.29 is 4.79 Å². The number of rotatable bonds is 3. The van der Waals surface area contributed by atoms with Gasteiger partial charge in [0.1, 0.15) is 5.69 Å². The third-order valence-corrected chi connectivity index (χ3v) is 6.74. The van der Waals surface area contributed by atoms with Crippen LogP contribution in [0.15, 0.2) is 30.3 Å². The van der Waals surface area contributed by atoms with Crippen LogP contribution in [-0.4, -0.2) is 22.1 Å². The normalized spacial score (nSPS) is 32.8. The maximum atomic E-state index is 12.7. The highest BCUT2D eigenvalue weighted by Gasteiger charge is 2.48. The SMILES string of the molecule is O=C(NC1C2CC3CC(C2)CC1C3)c1cc(-c2ccc(Cl)cc2)n[nH]1. The van der Waals surface area contributed by atoms with Crippen LogP contribution in [0.4, 0.5) is 0 Å². The number of carbonyl (C=O) groups is 1. The van der Waals surface area contributed by atoms with Gasteiger partial charge in [0.2, 0.25) is 0 Å². The van der Waals surface area contributed by atoms with Crippen molar-refractivity contribution in [2.75, 3.05) is 0 Å². The van der Waals surface area contributed by atoms with Gasteiger partial charge in [0.25, 0.3) is 5.91 Å². The highest BCUT2D eigenvalue weighted by molar-refractivity contribution is 6.30. The van der Waals surface area contributed by atoms with E-state index in [-0.39, 0.29) is 5.91 Å². The molecule has 4 nitrogen and oxygen atoms in total. The van der Waals surface area contributed by atoms with Gasteiger partial charge >= 0.3 is 0 Å². The van der Waals surface area contributed by atoms with Crippen molar-refractivity contribution in [3.05, 3.63) is 41.0 Å². The molecule has 130 valence electrons. The molecule has 4 bridgehead atoms. The Bertz CT molecular complexity index is 770. The molecule has 4 aliphatic rings. The van der Waals surface area contributed by atoms with Gasteiger partial charge < -0.3 is 5.32 Å². The monoisotopic (exact) mass is 355 g/mol. The molecule has 1 amide bonds. The summed E-state index contributed by atoms with van der Waals surface area (Å²) in [6.45, 7) is 0. The van der Waals surface area contributed by atoms with Crippen molar-refractivity contribution in [2.45, 2.75) is 38.1 Å². The minimum absolute atomic E-state index is 0.0230. The van der Waals surface area contributed by atoms with Crippen LogP contribution in [0, 0.1) is 23.7 Å². The molecule has 0 unspecified atom stereocenters. The van der Waals surface area contributed by atoms with E-state index in [2.05, 4.69) is 15.5 Å². The zero-order chi connectivity index (χ0) is 17.0. The largest absolute Gasteiger partial charge is 0.347 e. The molecular formula is C20H22ClN3O. The smallest absolute Gasteiger partial charge is 0.269 e. The fraction of sp³-hybridized carbons (Fsp3) is 0.500. The van der Waals surface area contributed by atoms with Crippen LogP contribution in [0.1, 0.15) is 42.6 Å². The molecule has 4 saturated carbocycles. The number of nitrogens with zero attached hydrogens (tertiary/aromatic N) is 1. The van der Waals surface area contributed by atoms with Gasteiger partial charge in [0, 0.05) is 16.6 Å². The Kier molecular flexibility index (Phi) is 3.63. The van der Waals surface area contributed by atoms with Gasteiger partial charge in [0.15, 0.2) is 0 Å². The highest BCUT2D eigenvalue weighted by Crippen LogP contribution is 2.53. The van der Waals surface area contributed by atoms with Gasteiger partial charge in [-0.05, 0) is 74.0 Å². The third-order valence-electron chi connectivity index (χ3n) is 6.49. The second-order valence-electron chi connectivity index (χ2n) is 8.10. The number of H-pyrrole nitrogens is 1. The predicted octanol–water partition coefficient (Wildman–Crippen LogP) is 4.28. The zero-order valence-corrected chi connectivity index (χ0v) is 14.8. The summed E-state index contributed by atoms with van der Waals surface area (Å²) in [6, 6.07) is 9.67. The van der Waals surface area contributed by atoms with E-state index in [1.165, 1.54) is 32.1 Å². The van der Waals surface area contributed by atoms with Crippen LogP contribution in [0.25, 0.3) is 11.3 Å². The topological polar surface area (TPSA) is 57.8 Å². The van der Waals surface area contributed by atoms with Gasteiger partial charge in [-0.3, -0.25) is 9.89 Å². The molecular weight excluding hydrogens is 334 g/mol. The number of amides is 1. The highest BCUT2D eigenvalue weighted by atomic mass is 35.5. The molecule has 6 rings (SSSR count). The maximum Gasteiger partial charge on any atom is 0.269 e. The van der Waals surface area contributed by atoms with E-state index in [1.54, 1.807) is 0 Å². The lowest BCUT2D eigenvalue weighted by atomic mass is 9.54. The lowest BCUT2D eigenvalue weighted by molar-refractivity contribution is -0.0120. The van der Waals surface area contributed by atoms with E-state index < -0.39 is 0 Å². The molecule has 0 aliphatic heterocycles. The van der Waals surface area contributed by atoms with E-state index >= 15 is 0 Å². The Morgan fingerprint density at radius 1 is 1.04 bits per heavy atom. The number of halogens is 1. The second kappa shape index (κ2) is 5.87. The van der Waals surface area contributed by atoms with Crippen LogP contribution in [0.3, 0.4) is 0 Å². The Balaban J connectivity index is 1.31. The molecule has 0 saturated heterocycles. The van der Waals surface area contributed by atoms with Gasteiger partial charge in [-0.2, -0.15) is 5.10 Å². The molecule has 2 aromatic rings. The zero-order valence-electron chi connectivity index (χ0n) is 14.0. The molecule has 0 radical (unpaired) electrons. The first-order chi connectivity index (χ1) is 12.2. The van der Waals surface area contributed by atoms with Gasteiger partial charge in [-0.1, -0.05) is 23.7 Å². The lowest BCUT2D eigenvalue weighted by Crippen LogP contribution is -2.55. The predicted molar refractivity (Wildman–Crippen MR) is 97.3 cm³/mol. The summed E-state index contributed by atoms with van der Waals surface area (Å²) < 4.78 is 0. The van der Waals surface area contributed by atoms with Crippen molar-refractivity contribution in [2.24, 2.45) is 23.7 Å². The summed E-state index contributed by atoms with van der Waals surface area (Å²) in [5.41, 5.74) is 2.26. The summed E-state index contributed by atoms with van der Waals surface area (Å²) in [7, 11) is 0. The average molecular weight is 356 g/mol. The lowest BCUT2D eigenvalue weighted by Gasteiger charge is -2.54. The Morgan fingerprint density at radius 3 is 2.32 bits per heavy atom. The minimum Gasteiger partial charge on any atom is -0.347 e. The maximum absolute atomic E-state index is 12.7. The molecule has 1 aromatic carbocycles. The van der Waals surface area contributed by atoms with Crippen LogP contribution < -0.4 is 5.32 Å². The van der Waals surface area contributed by atoms with E-state index in [4.69, 9.17) is 11.6 Å². The fourth-order valence-corrected chi connectivity index (χ4v) is 5.72. The summed E-state index contributed by atoms with van der Waals surface area (Å²) >= 11 is 5.93. The van der Waals surface area contributed by atoms with Crippen molar-refractivity contribution >= 4 is 17.5 Å². The molecule has 2 N–H and O–H groups in total. The first kappa shape index (κ1) is 15.4. The Morgan fingerprint density at radius 2 is 1.68 bits per heavy atom. The summed E-state index contributed by atoms with van der Waals surface area (Å²) in [5, 5.41) is 11.2. The van der Waals surface area contributed by atoms with E-state index in [9.17, 15) is 4.79 Å². The quantitative estimate of drug-likeness (QED) is 0.863. The van der Waals surface area contributed by atoms with E-state index in [0.29, 0.717) is 28.6 Å². The third kappa shape index (κ3) is 2.77. The number of hydrogen-bond acceptors (Lipinski definition) is 2. The van der Waals surface area contributed by atoms with Crippen LogP contribution in [0.2, 0.25) is 5.02 Å².